The molecule has 0 aliphatic heterocycles. The van der Waals surface area contributed by atoms with Gasteiger partial charge in [0.25, 0.3) is 5.91 Å². The number of carbonyl (C=O) groups excluding carboxylic acids is 1. The molecule has 0 aliphatic rings. The van der Waals surface area contributed by atoms with E-state index in [1.54, 1.807) is 19.1 Å². The highest BCUT2D eigenvalue weighted by atomic mass is 16.4. The predicted molar refractivity (Wildman–Crippen MR) is 75.8 cm³/mol. The van der Waals surface area contributed by atoms with Gasteiger partial charge in [-0.25, -0.2) is 0 Å². The number of benzene rings is 1. The van der Waals surface area contributed by atoms with Crippen LogP contribution in [0.25, 0.3) is 11.0 Å². The Bertz CT molecular complexity index is 662. The summed E-state index contributed by atoms with van der Waals surface area (Å²) in [5, 5.41) is 15.3. The number of nitrogens with zero attached hydrogens (tertiary/aromatic N) is 1. The van der Waals surface area contributed by atoms with Gasteiger partial charge in [-0.3, -0.25) is 4.79 Å². The molecule has 106 valence electrons. The lowest BCUT2D eigenvalue weighted by Crippen LogP contribution is -2.55. The summed E-state index contributed by atoms with van der Waals surface area (Å²) in [6.07, 6.45) is 1.90. The Labute approximate surface area is 116 Å². The van der Waals surface area contributed by atoms with Gasteiger partial charge in [0.05, 0.1) is 11.1 Å². The molecule has 1 atom stereocenters. The number of fused-ring (bicyclic) bond motifs is 1. The van der Waals surface area contributed by atoms with E-state index in [9.17, 15) is 4.79 Å². The highest BCUT2D eigenvalue weighted by Gasteiger charge is 2.30. The van der Waals surface area contributed by atoms with Crippen LogP contribution in [-0.2, 0) is 0 Å². The third kappa shape index (κ3) is 2.32. The largest absolute Gasteiger partial charge is 0.463 e. The molecular formula is C14H17N3O3. The lowest BCUT2D eigenvalue weighted by molar-refractivity contribution is 0.0925. The zero-order chi connectivity index (χ0) is 14.8. The Kier molecular flexibility index (Phi) is 3.65. The molecule has 6 nitrogen and oxygen atoms in total. The smallest absolute Gasteiger partial charge is 0.255 e. The Morgan fingerprint density at radius 1 is 1.50 bits per heavy atom. The lowest BCUT2D eigenvalue weighted by atomic mass is 9.97. The molecule has 1 heterocycles. The van der Waals surface area contributed by atoms with E-state index in [0.29, 0.717) is 17.6 Å². The van der Waals surface area contributed by atoms with Crippen molar-refractivity contribution in [2.45, 2.75) is 25.8 Å². The average Bonchev–Trinajstić information content (AvgIpc) is 2.90. The van der Waals surface area contributed by atoms with Crippen molar-refractivity contribution in [3.8, 4) is 0 Å². The molecule has 0 fully saturated rings. The molecule has 1 unspecified atom stereocenters. The van der Waals surface area contributed by atoms with Crippen LogP contribution < -0.4 is 11.1 Å². The SMILES string of the molecule is CCC(C)(NC(=O)c1coc2ccccc12)C(N)=NO. The molecule has 1 amide bonds. The fourth-order valence-electron chi connectivity index (χ4n) is 1.92. The minimum absolute atomic E-state index is 0.0406. The summed E-state index contributed by atoms with van der Waals surface area (Å²) >= 11 is 0. The van der Waals surface area contributed by atoms with Crippen molar-refractivity contribution >= 4 is 22.7 Å². The van der Waals surface area contributed by atoms with Crippen molar-refractivity contribution in [1.82, 2.24) is 5.32 Å². The van der Waals surface area contributed by atoms with Crippen molar-refractivity contribution in [1.29, 1.82) is 0 Å². The minimum atomic E-state index is -0.912. The van der Waals surface area contributed by atoms with Crippen molar-refractivity contribution in [2.75, 3.05) is 0 Å². The fourth-order valence-corrected chi connectivity index (χ4v) is 1.92. The first kappa shape index (κ1) is 13.9. The van der Waals surface area contributed by atoms with Gasteiger partial charge in [0.1, 0.15) is 11.8 Å². The van der Waals surface area contributed by atoms with E-state index < -0.39 is 5.54 Å². The molecular weight excluding hydrogens is 258 g/mol. The molecule has 20 heavy (non-hydrogen) atoms. The molecule has 0 saturated carbocycles. The molecule has 2 rings (SSSR count). The van der Waals surface area contributed by atoms with Crippen LogP contribution in [0.3, 0.4) is 0 Å². The lowest BCUT2D eigenvalue weighted by Gasteiger charge is -2.27. The van der Waals surface area contributed by atoms with Crippen molar-refractivity contribution < 1.29 is 14.4 Å². The van der Waals surface area contributed by atoms with Gasteiger partial charge in [-0.1, -0.05) is 30.3 Å². The van der Waals surface area contributed by atoms with Gasteiger partial charge in [0.2, 0.25) is 0 Å². The van der Waals surface area contributed by atoms with Gasteiger partial charge in [-0.2, -0.15) is 0 Å². The summed E-state index contributed by atoms with van der Waals surface area (Å²) in [6.45, 7) is 3.54. The average molecular weight is 275 g/mol. The second-order valence-electron chi connectivity index (χ2n) is 4.77. The highest BCUT2D eigenvalue weighted by molar-refractivity contribution is 6.08. The number of hydrogen-bond donors (Lipinski definition) is 3. The summed E-state index contributed by atoms with van der Waals surface area (Å²) in [5.74, 6) is -0.368. The molecule has 0 saturated heterocycles. The third-order valence-corrected chi connectivity index (χ3v) is 3.50. The van der Waals surface area contributed by atoms with E-state index in [4.69, 9.17) is 15.4 Å². The van der Waals surface area contributed by atoms with Gasteiger partial charge in [0.15, 0.2) is 5.84 Å². The molecule has 0 radical (unpaired) electrons. The summed E-state index contributed by atoms with van der Waals surface area (Å²) in [5.41, 5.74) is 5.79. The summed E-state index contributed by atoms with van der Waals surface area (Å²) < 4.78 is 5.33. The first-order valence-corrected chi connectivity index (χ1v) is 6.28. The number of amides is 1. The Morgan fingerprint density at radius 3 is 2.85 bits per heavy atom. The maximum absolute atomic E-state index is 12.4. The van der Waals surface area contributed by atoms with Gasteiger partial charge in [0, 0.05) is 5.39 Å². The number of para-hydroxylation sites is 1. The van der Waals surface area contributed by atoms with E-state index in [2.05, 4.69) is 10.5 Å². The number of rotatable bonds is 4. The zero-order valence-corrected chi connectivity index (χ0v) is 11.4. The molecule has 0 bridgehead atoms. The van der Waals surface area contributed by atoms with Crippen molar-refractivity contribution in [2.24, 2.45) is 10.9 Å². The van der Waals surface area contributed by atoms with E-state index in [0.717, 1.165) is 5.39 Å². The number of hydrogen-bond acceptors (Lipinski definition) is 4. The summed E-state index contributed by atoms with van der Waals surface area (Å²) in [6, 6.07) is 7.26. The predicted octanol–water partition coefficient (Wildman–Crippen LogP) is 2.08. The molecule has 1 aromatic carbocycles. The third-order valence-electron chi connectivity index (χ3n) is 3.50. The van der Waals surface area contributed by atoms with E-state index in [1.165, 1.54) is 6.26 Å². The van der Waals surface area contributed by atoms with Crippen LogP contribution >= 0.6 is 0 Å². The quantitative estimate of drug-likeness (QED) is 0.344. The Hall–Kier alpha value is -2.50. The van der Waals surface area contributed by atoms with Gasteiger partial charge >= 0.3 is 0 Å². The van der Waals surface area contributed by atoms with Crippen LogP contribution in [0.4, 0.5) is 0 Å². The van der Waals surface area contributed by atoms with Crippen LogP contribution in [0.1, 0.15) is 30.6 Å². The Morgan fingerprint density at radius 2 is 2.20 bits per heavy atom. The van der Waals surface area contributed by atoms with E-state index >= 15 is 0 Å². The number of nitrogens with two attached hydrogens (primary N) is 1. The fraction of sp³-hybridized carbons (Fsp3) is 0.286. The standard InChI is InChI=1S/C14H17N3O3/c1-3-14(2,13(15)17-19)16-12(18)10-8-20-11-7-5-4-6-9(10)11/h4-8,19H,3H2,1-2H3,(H2,15,17)(H,16,18). The van der Waals surface area contributed by atoms with Gasteiger partial charge in [-0.15, -0.1) is 0 Å². The maximum Gasteiger partial charge on any atom is 0.255 e. The van der Waals surface area contributed by atoms with Gasteiger partial charge < -0.3 is 20.7 Å². The van der Waals surface area contributed by atoms with Crippen LogP contribution in [0.15, 0.2) is 40.1 Å². The van der Waals surface area contributed by atoms with Crippen LogP contribution in [0, 0.1) is 0 Å². The maximum atomic E-state index is 12.4. The number of amidine groups is 1. The van der Waals surface area contributed by atoms with Crippen molar-refractivity contribution in [3.05, 3.63) is 36.1 Å². The number of furan rings is 1. The second-order valence-corrected chi connectivity index (χ2v) is 4.77. The topological polar surface area (TPSA) is 101 Å². The van der Waals surface area contributed by atoms with Gasteiger partial charge in [-0.05, 0) is 19.4 Å². The second kappa shape index (κ2) is 5.24. The first-order chi connectivity index (χ1) is 9.51. The summed E-state index contributed by atoms with van der Waals surface area (Å²) in [4.78, 5) is 12.4. The van der Waals surface area contributed by atoms with Crippen LogP contribution in [0.2, 0.25) is 0 Å². The zero-order valence-electron chi connectivity index (χ0n) is 11.4. The highest BCUT2D eigenvalue weighted by Crippen LogP contribution is 2.21. The molecule has 2 aromatic rings. The van der Waals surface area contributed by atoms with E-state index in [1.807, 2.05) is 19.1 Å². The summed E-state index contributed by atoms with van der Waals surface area (Å²) in [7, 11) is 0. The number of oxime groups is 1. The Balaban J connectivity index is 2.32. The van der Waals surface area contributed by atoms with Crippen molar-refractivity contribution in [3.63, 3.8) is 0 Å². The number of carbonyl (C=O) groups is 1. The normalized spacial score (nSPS) is 15.0. The molecule has 6 heteroatoms. The first-order valence-electron chi connectivity index (χ1n) is 6.28. The van der Waals surface area contributed by atoms with Crippen LogP contribution in [-0.4, -0.2) is 22.5 Å². The van der Waals surface area contributed by atoms with Crippen LogP contribution in [0.5, 0.6) is 0 Å². The molecule has 1 aromatic heterocycles. The molecule has 0 aliphatic carbocycles. The number of nitrogens with one attached hydrogen (secondary N) is 1. The molecule has 4 N–H and O–H groups in total. The molecule has 0 spiro atoms. The van der Waals surface area contributed by atoms with E-state index in [-0.39, 0.29) is 11.7 Å². The monoisotopic (exact) mass is 275 g/mol. The minimum Gasteiger partial charge on any atom is -0.463 e.